The average Bonchev–Trinajstić information content (AvgIpc) is 3.36. The van der Waals surface area contributed by atoms with Crippen LogP contribution < -0.4 is 0 Å². The van der Waals surface area contributed by atoms with E-state index in [2.05, 4.69) is 55.6 Å². The first kappa shape index (κ1) is 16.7. The quantitative estimate of drug-likeness (QED) is 0.514. The van der Waals surface area contributed by atoms with Crippen LogP contribution in [-0.4, -0.2) is 34.3 Å². The van der Waals surface area contributed by atoms with Crippen LogP contribution in [0.4, 0.5) is 0 Å². The number of aromatic nitrogens is 7. The summed E-state index contributed by atoms with van der Waals surface area (Å²) in [6.45, 7) is 6.35. The molecule has 0 aromatic carbocycles. The Hall–Kier alpha value is -3.48. The van der Waals surface area contributed by atoms with Crippen LogP contribution in [0.15, 0.2) is 43.1 Å². The molecule has 0 atom stereocenters. The molecular formula is C21H21N7. The molecule has 5 heterocycles. The molecule has 0 aliphatic carbocycles. The molecule has 140 valence electrons. The van der Waals surface area contributed by atoms with Crippen molar-refractivity contribution in [3.8, 4) is 22.3 Å². The molecule has 0 spiro atoms. The van der Waals surface area contributed by atoms with E-state index in [0.29, 0.717) is 6.04 Å². The van der Waals surface area contributed by atoms with Crippen LogP contribution in [0.25, 0.3) is 44.5 Å². The molecular weight excluding hydrogens is 350 g/mol. The van der Waals surface area contributed by atoms with Crippen molar-refractivity contribution < 1.29 is 0 Å². The molecule has 0 bridgehead atoms. The monoisotopic (exact) mass is 371 g/mol. The molecule has 5 aromatic rings. The Morgan fingerprint density at radius 2 is 1.82 bits per heavy atom. The summed E-state index contributed by atoms with van der Waals surface area (Å²) >= 11 is 0. The van der Waals surface area contributed by atoms with Crippen LogP contribution in [0.5, 0.6) is 0 Å². The van der Waals surface area contributed by atoms with Gasteiger partial charge in [-0.2, -0.15) is 5.10 Å². The van der Waals surface area contributed by atoms with E-state index in [1.807, 2.05) is 45.0 Å². The summed E-state index contributed by atoms with van der Waals surface area (Å²) in [4.78, 5) is 17.1. The van der Waals surface area contributed by atoms with E-state index in [4.69, 9.17) is 0 Å². The number of fused-ring (bicyclic) bond motifs is 2. The maximum atomic E-state index is 4.61. The van der Waals surface area contributed by atoms with Gasteiger partial charge in [0.2, 0.25) is 0 Å². The predicted octanol–water partition coefficient (Wildman–Crippen LogP) is 4.26. The van der Waals surface area contributed by atoms with Crippen LogP contribution in [0.2, 0.25) is 0 Å². The third-order valence-electron chi connectivity index (χ3n) is 5.12. The fourth-order valence-corrected chi connectivity index (χ4v) is 3.86. The summed E-state index contributed by atoms with van der Waals surface area (Å²) in [5, 5.41) is 5.33. The smallest absolute Gasteiger partial charge is 0.177 e. The third-order valence-corrected chi connectivity index (χ3v) is 5.12. The minimum Gasteiger partial charge on any atom is -0.346 e. The van der Waals surface area contributed by atoms with Gasteiger partial charge >= 0.3 is 0 Å². The third kappa shape index (κ3) is 2.51. The summed E-state index contributed by atoms with van der Waals surface area (Å²) in [5.41, 5.74) is 6.91. The average molecular weight is 371 g/mol. The van der Waals surface area contributed by atoms with Crippen molar-refractivity contribution in [3.63, 3.8) is 0 Å². The van der Waals surface area contributed by atoms with Crippen LogP contribution >= 0.6 is 0 Å². The Morgan fingerprint density at radius 1 is 1.00 bits per heavy atom. The first-order valence-corrected chi connectivity index (χ1v) is 9.32. The van der Waals surface area contributed by atoms with Crippen molar-refractivity contribution in [2.24, 2.45) is 7.05 Å². The molecule has 0 unspecified atom stereocenters. The predicted molar refractivity (Wildman–Crippen MR) is 110 cm³/mol. The topological polar surface area (TPSA) is 77.2 Å². The van der Waals surface area contributed by atoms with Gasteiger partial charge < -0.3 is 9.55 Å². The molecule has 28 heavy (non-hydrogen) atoms. The fraction of sp³-hybridized carbons (Fsp3) is 0.238. The van der Waals surface area contributed by atoms with Gasteiger partial charge in [-0.1, -0.05) is 0 Å². The second kappa shape index (κ2) is 6.02. The molecule has 5 rings (SSSR count). The number of nitrogens with one attached hydrogen (secondary N) is 1. The van der Waals surface area contributed by atoms with E-state index in [1.54, 1.807) is 4.68 Å². The normalized spacial score (nSPS) is 11.9. The van der Waals surface area contributed by atoms with Crippen LogP contribution in [0.3, 0.4) is 0 Å². The van der Waals surface area contributed by atoms with Crippen molar-refractivity contribution in [2.45, 2.75) is 26.8 Å². The fourth-order valence-electron chi connectivity index (χ4n) is 3.86. The maximum Gasteiger partial charge on any atom is 0.177 e. The molecule has 0 aliphatic rings. The lowest BCUT2D eigenvalue weighted by atomic mass is 10.0. The van der Waals surface area contributed by atoms with Gasteiger partial charge in [-0.3, -0.25) is 4.68 Å². The molecule has 0 fully saturated rings. The summed E-state index contributed by atoms with van der Waals surface area (Å²) in [7, 11) is 1.91. The van der Waals surface area contributed by atoms with Crippen LogP contribution in [-0.2, 0) is 7.05 Å². The Bertz CT molecular complexity index is 1320. The van der Waals surface area contributed by atoms with Crippen molar-refractivity contribution >= 4 is 22.2 Å². The van der Waals surface area contributed by atoms with Gasteiger partial charge in [0.15, 0.2) is 5.65 Å². The lowest BCUT2D eigenvalue weighted by molar-refractivity contribution is 0.600. The molecule has 0 saturated carbocycles. The SMILES string of the molecule is Cc1nc2ncc(-c3c[nH]c4ncc(-c5cnn(C)c5)cc34)cc2n1C(C)C. The zero-order valence-corrected chi connectivity index (χ0v) is 16.3. The van der Waals surface area contributed by atoms with Gasteiger partial charge in [-0.25, -0.2) is 15.0 Å². The zero-order chi connectivity index (χ0) is 19.4. The summed E-state index contributed by atoms with van der Waals surface area (Å²) in [6, 6.07) is 4.64. The standard InChI is InChI=1S/C21H21N7/c1-12(2)28-13(3)26-21-19(28)6-15(8-23-21)18-10-24-20-17(18)5-14(7-22-20)16-9-25-27(4)11-16/h5-12H,1-4H3,(H,22,24). The van der Waals surface area contributed by atoms with E-state index in [1.165, 1.54) is 0 Å². The largest absolute Gasteiger partial charge is 0.346 e. The lowest BCUT2D eigenvalue weighted by Gasteiger charge is -2.11. The van der Waals surface area contributed by atoms with E-state index in [0.717, 1.165) is 50.3 Å². The Kier molecular flexibility index (Phi) is 3.58. The number of H-pyrrole nitrogens is 1. The van der Waals surface area contributed by atoms with Gasteiger partial charge in [0.1, 0.15) is 11.5 Å². The van der Waals surface area contributed by atoms with Gasteiger partial charge in [0, 0.05) is 65.5 Å². The van der Waals surface area contributed by atoms with E-state index >= 15 is 0 Å². The number of pyridine rings is 2. The second-order valence-corrected chi connectivity index (χ2v) is 7.41. The van der Waals surface area contributed by atoms with Gasteiger partial charge in [-0.05, 0) is 32.9 Å². The zero-order valence-electron chi connectivity index (χ0n) is 16.3. The minimum atomic E-state index is 0.323. The highest BCUT2D eigenvalue weighted by Gasteiger charge is 2.15. The highest BCUT2D eigenvalue weighted by Crippen LogP contribution is 2.32. The van der Waals surface area contributed by atoms with Crippen LogP contribution in [0.1, 0.15) is 25.7 Å². The van der Waals surface area contributed by atoms with Gasteiger partial charge in [0.05, 0.1) is 11.7 Å². The van der Waals surface area contributed by atoms with Crippen molar-refractivity contribution in [2.75, 3.05) is 0 Å². The van der Waals surface area contributed by atoms with E-state index in [-0.39, 0.29) is 0 Å². The second-order valence-electron chi connectivity index (χ2n) is 7.41. The summed E-state index contributed by atoms with van der Waals surface area (Å²) in [6.07, 6.45) is 9.60. The number of hydrogen-bond donors (Lipinski definition) is 1. The van der Waals surface area contributed by atoms with Gasteiger partial charge in [0.25, 0.3) is 0 Å². The lowest BCUT2D eigenvalue weighted by Crippen LogP contribution is -2.02. The number of imidazole rings is 1. The number of rotatable bonds is 3. The molecule has 0 amide bonds. The van der Waals surface area contributed by atoms with Crippen LogP contribution in [0, 0.1) is 6.92 Å². The molecule has 0 aliphatic heterocycles. The van der Waals surface area contributed by atoms with E-state index < -0.39 is 0 Å². The highest BCUT2D eigenvalue weighted by atomic mass is 15.2. The number of aromatic amines is 1. The highest BCUT2D eigenvalue weighted by molar-refractivity contribution is 5.97. The number of hydrogen-bond acceptors (Lipinski definition) is 4. The Morgan fingerprint density at radius 3 is 2.57 bits per heavy atom. The first-order chi connectivity index (χ1) is 13.5. The Labute approximate surface area is 162 Å². The summed E-state index contributed by atoms with van der Waals surface area (Å²) < 4.78 is 4.02. The van der Waals surface area contributed by atoms with Crippen molar-refractivity contribution in [3.05, 3.63) is 48.9 Å². The maximum absolute atomic E-state index is 4.61. The first-order valence-electron chi connectivity index (χ1n) is 9.32. The molecule has 0 radical (unpaired) electrons. The molecule has 5 aromatic heterocycles. The molecule has 7 nitrogen and oxygen atoms in total. The summed E-state index contributed by atoms with van der Waals surface area (Å²) in [5.74, 6) is 0.981. The minimum absolute atomic E-state index is 0.323. The van der Waals surface area contributed by atoms with Gasteiger partial charge in [-0.15, -0.1) is 0 Å². The van der Waals surface area contributed by atoms with E-state index in [9.17, 15) is 0 Å². The molecule has 1 N–H and O–H groups in total. The van der Waals surface area contributed by atoms with Crippen molar-refractivity contribution in [1.29, 1.82) is 0 Å². The number of nitrogens with zero attached hydrogens (tertiary/aromatic N) is 6. The molecule has 7 heteroatoms. The Balaban J connectivity index is 1.69. The molecule has 0 saturated heterocycles. The van der Waals surface area contributed by atoms with Crippen molar-refractivity contribution in [1.82, 2.24) is 34.3 Å². The number of aryl methyl sites for hydroxylation is 2.